The Labute approximate surface area is 172 Å². The van der Waals surface area contributed by atoms with Gasteiger partial charge in [-0.05, 0) is 37.6 Å². The number of halogens is 1. The number of nitrogens with zero attached hydrogens (tertiary/aromatic N) is 1. The van der Waals surface area contributed by atoms with Crippen LogP contribution in [0.5, 0.6) is 5.75 Å². The molecule has 0 saturated carbocycles. The highest BCUT2D eigenvalue weighted by atomic mass is 19.1. The number of fused-ring (bicyclic) bond motifs is 1. The zero-order chi connectivity index (χ0) is 21.7. The topological polar surface area (TPSA) is 105 Å². The highest BCUT2D eigenvalue weighted by Gasteiger charge is 2.34. The maximum atomic E-state index is 13.6. The SMILES string of the molecule is C[C@H](Oc1ccccc1F)C(=O)NNC(=O)CCCN1C(=O)c2ccccc2C1=O. The number of hydrogen-bond donors (Lipinski definition) is 2. The molecule has 1 heterocycles. The molecule has 0 radical (unpaired) electrons. The molecule has 2 N–H and O–H groups in total. The Hall–Kier alpha value is -3.75. The summed E-state index contributed by atoms with van der Waals surface area (Å²) in [6.07, 6.45) is -0.828. The zero-order valence-corrected chi connectivity index (χ0v) is 16.2. The molecule has 0 aliphatic carbocycles. The highest BCUT2D eigenvalue weighted by Crippen LogP contribution is 2.22. The predicted octanol–water partition coefficient (Wildman–Crippen LogP) is 1.82. The Balaban J connectivity index is 1.40. The minimum Gasteiger partial charge on any atom is -0.478 e. The molecular formula is C21H20FN3O5. The lowest BCUT2D eigenvalue weighted by atomic mass is 10.1. The summed E-state index contributed by atoms with van der Waals surface area (Å²) in [5.74, 6) is -2.61. The predicted molar refractivity (Wildman–Crippen MR) is 104 cm³/mol. The first-order chi connectivity index (χ1) is 14.4. The summed E-state index contributed by atoms with van der Waals surface area (Å²) >= 11 is 0. The third-order valence-corrected chi connectivity index (χ3v) is 4.50. The van der Waals surface area contributed by atoms with E-state index in [2.05, 4.69) is 10.9 Å². The molecule has 0 spiro atoms. The Kier molecular flexibility index (Phi) is 6.41. The van der Waals surface area contributed by atoms with Crippen molar-refractivity contribution in [3.63, 3.8) is 0 Å². The summed E-state index contributed by atoms with van der Waals surface area (Å²) in [7, 11) is 0. The fraction of sp³-hybridized carbons (Fsp3) is 0.238. The average Bonchev–Trinajstić information content (AvgIpc) is 2.98. The van der Waals surface area contributed by atoms with Crippen molar-refractivity contribution in [2.24, 2.45) is 0 Å². The first-order valence-corrected chi connectivity index (χ1v) is 9.33. The fourth-order valence-electron chi connectivity index (χ4n) is 2.92. The van der Waals surface area contributed by atoms with Crippen LogP contribution in [0.1, 0.15) is 40.5 Å². The molecule has 1 atom stereocenters. The monoisotopic (exact) mass is 413 g/mol. The summed E-state index contributed by atoms with van der Waals surface area (Å²) in [4.78, 5) is 49.5. The molecule has 30 heavy (non-hydrogen) atoms. The number of carbonyl (C=O) groups is 4. The maximum absolute atomic E-state index is 13.6. The van der Waals surface area contributed by atoms with E-state index in [0.717, 1.165) is 4.90 Å². The van der Waals surface area contributed by atoms with Gasteiger partial charge in [-0.15, -0.1) is 0 Å². The van der Waals surface area contributed by atoms with Gasteiger partial charge in [0.25, 0.3) is 17.7 Å². The quantitative estimate of drug-likeness (QED) is 0.532. The largest absolute Gasteiger partial charge is 0.478 e. The Morgan fingerprint density at radius 2 is 1.60 bits per heavy atom. The van der Waals surface area contributed by atoms with E-state index in [9.17, 15) is 23.6 Å². The van der Waals surface area contributed by atoms with Gasteiger partial charge in [0, 0.05) is 13.0 Å². The van der Waals surface area contributed by atoms with Crippen LogP contribution in [0.4, 0.5) is 4.39 Å². The molecule has 1 aliphatic heterocycles. The van der Waals surface area contributed by atoms with Crippen LogP contribution in [0.25, 0.3) is 0 Å². The second kappa shape index (κ2) is 9.17. The molecule has 2 aromatic carbocycles. The lowest BCUT2D eigenvalue weighted by Crippen LogP contribution is -2.47. The number of amides is 4. The molecule has 2 aromatic rings. The average molecular weight is 413 g/mol. The van der Waals surface area contributed by atoms with Crippen LogP contribution in [0.2, 0.25) is 0 Å². The Morgan fingerprint density at radius 3 is 2.23 bits per heavy atom. The number of benzene rings is 2. The van der Waals surface area contributed by atoms with E-state index in [0.29, 0.717) is 11.1 Å². The van der Waals surface area contributed by atoms with E-state index in [1.165, 1.54) is 25.1 Å². The molecule has 9 heteroatoms. The van der Waals surface area contributed by atoms with E-state index in [1.54, 1.807) is 30.3 Å². The van der Waals surface area contributed by atoms with Gasteiger partial charge in [-0.3, -0.25) is 34.9 Å². The van der Waals surface area contributed by atoms with Gasteiger partial charge in [0.2, 0.25) is 5.91 Å². The van der Waals surface area contributed by atoms with Crippen molar-refractivity contribution < 1.29 is 28.3 Å². The summed E-state index contributed by atoms with van der Waals surface area (Å²) in [6.45, 7) is 1.50. The number of hydrogen-bond acceptors (Lipinski definition) is 5. The summed E-state index contributed by atoms with van der Waals surface area (Å²) in [6, 6.07) is 12.2. The van der Waals surface area contributed by atoms with Gasteiger partial charge in [-0.1, -0.05) is 24.3 Å². The standard InChI is InChI=1S/C21H20FN3O5/c1-13(30-17-10-5-4-9-16(17)22)19(27)24-23-18(26)11-6-12-25-20(28)14-7-2-3-8-15(14)21(25)29/h2-5,7-10,13H,6,11-12H2,1H3,(H,23,26)(H,24,27)/t13-/m0/s1. The van der Waals surface area contributed by atoms with Crippen molar-refractivity contribution in [1.82, 2.24) is 15.8 Å². The van der Waals surface area contributed by atoms with Gasteiger partial charge in [-0.25, -0.2) is 4.39 Å². The number of ether oxygens (including phenoxy) is 1. The number of para-hydroxylation sites is 1. The summed E-state index contributed by atoms with van der Waals surface area (Å²) < 4.78 is 18.8. The van der Waals surface area contributed by atoms with E-state index in [1.807, 2.05) is 0 Å². The van der Waals surface area contributed by atoms with Crippen LogP contribution in [-0.4, -0.2) is 41.2 Å². The first-order valence-electron chi connectivity index (χ1n) is 9.33. The third-order valence-electron chi connectivity index (χ3n) is 4.50. The number of hydrazine groups is 1. The van der Waals surface area contributed by atoms with E-state index in [-0.39, 0.29) is 37.0 Å². The number of carbonyl (C=O) groups excluding carboxylic acids is 4. The molecular weight excluding hydrogens is 393 g/mol. The van der Waals surface area contributed by atoms with Crippen molar-refractivity contribution in [2.45, 2.75) is 25.9 Å². The number of imide groups is 1. The van der Waals surface area contributed by atoms with Crippen LogP contribution in [0, 0.1) is 5.82 Å². The summed E-state index contributed by atoms with van der Waals surface area (Å²) in [5.41, 5.74) is 5.13. The molecule has 0 saturated heterocycles. The lowest BCUT2D eigenvalue weighted by molar-refractivity contribution is -0.132. The van der Waals surface area contributed by atoms with Crippen molar-refractivity contribution in [3.05, 3.63) is 65.5 Å². The van der Waals surface area contributed by atoms with Crippen molar-refractivity contribution >= 4 is 23.6 Å². The maximum Gasteiger partial charge on any atom is 0.279 e. The highest BCUT2D eigenvalue weighted by molar-refractivity contribution is 6.21. The molecule has 4 amide bonds. The third kappa shape index (κ3) is 4.62. The van der Waals surface area contributed by atoms with Gasteiger partial charge in [0.15, 0.2) is 17.7 Å². The van der Waals surface area contributed by atoms with Gasteiger partial charge in [0.05, 0.1) is 11.1 Å². The van der Waals surface area contributed by atoms with Crippen molar-refractivity contribution in [1.29, 1.82) is 0 Å². The molecule has 0 unspecified atom stereocenters. The molecule has 156 valence electrons. The zero-order valence-electron chi connectivity index (χ0n) is 16.2. The van der Waals surface area contributed by atoms with Crippen LogP contribution in [-0.2, 0) is 9.59 Å². The normalized spacial score (nSPS) is 13.6. The van der Waals surface area contributed by atoms with Gasteiger partial charge in [-0.2, -0.15) is 0 Å². The number of rotatable bonds is 7. The molecule has 8 nitrogen and oxygen atoms in total. The Morgan fingerprint density at radius 1 is 1.00 bits per heavy atom. The van der Waals surface area contributed by atoms with Crippen LogP contribution >= 0.6 is 0 Å². The Bertz CT molecular complexity index is 959. The van der Waals surface area contributed by atoms with Gasteiger partial charge < -0.3 is 4.74 Å². The minimum absolute atomic E-state index is 0.0176. The lowest BCUT2D eigenvalue weighted by Gasteiger charge is -2.16. The number of nitrogens with one attached hydrogen (secondary N) is 2. The van der Waals surface area contributed by atoms with E-state index >= 15 is 0 Å². The molecule has 0 bridgehead atoms. The van der Waals surface area contributed by atoms with Gasteiger partial charge >= 0.3 is 0 Å². The van der Waals surface area contributed by atoms with E-state index < -0.39 is 23.7 Å². The summed E-state index contributed by atoms with van der Waals surface area (Å²) in [5, 5.41) is 0. The van der Waals surface area contributed by atoms with Crippen molar-refractivity contribution in [3.8, 4) is 5.75 Å². The molecule has 3 rings (SSSR count). The second-order valence-electron chi connectivity index (χ2n) is 6.64. The van der Waals surface area contributed by atoms with E-state index in [4.69, 9.17) is 4.74 Å². The smallest absolute Gasteiger partial charge is 0.279 e. The molecule has 0 aromatic heterocycles. The first kappa shape index (κ1) is 21.0. The van der Waals surface area contributed by atoms with Crippen LogP contribution in [0.15, 0.2) is 48.5 Å². The van der Waals surface area contributed by atoms with Crippen LogP contribution < -0.4 is 15.6 Å². The second-order valence-corrected chi connectivity index (χ2v) is 6.64. The fourth-order valence-corrected chi connectivity index (χ4v) is 2.92. The molecule has 0 fully saturated rings. The van der Waals surface area contributed by atoms with Crippen molar-refractivity contribution in [2.75, 3.05) is 6.54 Å². The van der Waals surface area contributed by atoms with Crippen LogP contribution in [0.3, 0.4) is 0 Å². The molecule has 1 aliphatic rings. The van der Waals surface area contributed by atoms with Gasteiger partial charge in [0.1, 0.15) is 0 Å². The minimum atomic E-state index is -1.04.